The fourth-order valence-electron chi connectivity index (χ4n) is 12.4. The highest BCUT2D eigenvalue weighted by Gasteiger charge is 2.64. The van der Waals surface area contributed by atoms with Crippen LogP contribution in [-0.2, 0) is 94.2 Å². The Morgan fingerprint density at radius 2 is 0.576 bits per heavy atom. The topological polar surface area (TPSA) is 523 Å². The quantitative estimate of drug-likeness (QED) is 0.0107. The van der Waals surface area contributed by atoms with Gasteiger partial charge in [0.05, 0.1) is 36.0 Å². The fourth-order valence-corrected chi connectivity index (χ4v) is 17.8. The molecule has 8 aromatic rings. The van der Waals surface area contributed by atoms with Gasteiger partial charge < -0.3 is 48.0 Å². The monoisotopic (exact) mass is 2240 g/mol. The maximum atomic E-state index is 13.0. The third-order valence-electron chi connectivity index (χ3n) is 20.1. The molecule has 0 radical (unpaired) electrons. The van der Waals surface area contributed by atoms with E-state index in [1.165, 1.54) is 55.3 Å². The number of benzene rings is 4. The number of aryl methyl sites for hydroxylation is 4. The molecule has 0 amide bonds. The van der Waals surface area contributed by atoms with E-state index in [4.69, 9.17) is 18.9 Å². The molecule has 0 spiro atoms. The largest absolute Gasteiger partial charge is 0.516 e. The van der Waals surface area contributed by atoms with Crippen LogP contribution in [0.15, 0.2) is 89.4 Å². The second-order valence-electron chi connectivity index (χ2n) is 30.5. The number of hydrogen-bond donors (Lipinski definition) is 4. The third-order valence-corrected chi connectivity index (χ3v) is 27.9. The highest BCUT2D eigenvalue weighted by Crippen LogP contribution is 2.48. The molecule has 4 aromatic carbocycles. The summed E-state index contributed by atoms with van der Waals surface area (Å²) < 4.78 is 407. The van der Waals surface area contributed by atoms with Gasteiger partial charge in [0.25, 0.3) is 20.5 Å². The minimum atomic E-state index is -6.19. The van der Waals surface area contributed by atoms with Crippen LogP contribution in [0.3, 0.4) is 0 Å². The number of fused-ring (bicyclic) bond motifs is 4. The Bertz CT molecular complexity index is 6610. The average molecular weight is 2240 g/mol. The summed E-state index contributed by atoms with van der Waals surface area (Å²) in [4.78, 5) is 54.2. The Balaban J connectivity index is 0.000000214. The van der Waals surface area contributed by atoms with E-state index in [0.29, 0.717) is 72.4 Å². The lowest BCUT2D eigenvalue weighted by Gasteiger charge is -2.34. The number of esters is 4. The van der Waals surface area contributed by atoms with Crippen molar-refractivity contribution in [3.8, 4) is 0 Å². The Morgan fingerprint density at radius 1 is 0.347 bits per heavy atom. The van der Waals surface area contributed by atoms with Gasteiger partial charge in [0, 0.05) is 89.3 Å². The van der Waals surface area contributed by atoms with Gasteiger partial charge in [-0.25, -0.2) is 36.0 Å². The number of anilines is 8. The average Bonchev–Trinajstić information content (AvgIpc) is 0.796. The van der Waals surface area contributed by atoms with Crippen molar-refractivity contribution < 1.29 is 178 Å². The first-order valence-electron chi connectivity index (χ1n) is 40.0. The Kier molecular flexibility index (Phi) is 36.7. The first kappa shape index (κ1) is 116. The first-order chi connectivity index (χ1) is 66.4. The Labute approximate surface area is 814 Å². The fraction of sp³-hybridized carbons (Fsp3) is 0.500. The number of halogens is 22. The summed E-state index contributed by atoms with van der Waals surface area (Å²) in [7, 11) is -11.5. The molecule has 4 unspecified atom stereocenters. The van der Waals surface area contributed by atoms with Crippen molar-refractivity contribution in [2.45, 2.75) is 151 Å². The number of alkyl halides is 22. The molecule has 4 aliphatic rings. The van der Waals surface area contributed by atoms with Crippen molar-refractivity contribution in [1.82, 2.24) is 40.8 Å². The predicted molar refractivity (Wildman–Crippen MR) is 468 cm³/mol. The molecule has 0 saturated carbocycles. The van der Waals surface area contributed by atoms with Crippen LogP contribution >= 0.6 is 45.3 Å². The van der Waals surface area contributed by atoms with Crippen molar-refractivity contribution in [3.05, 3.63) is 90.8 Å². The lowest BCUT2D eigenvalue weighted by atomic mass is 9.96. The van der Waals surface area contributed by atoms with Crippen molar-refractivity contribution >= 4 is 198 Å². The highest BCUT2D eigenvalue weighted by molar-refractivity contribution is 7.94. The van der Waals surface area contributed by atoms with Gasteiger partial charge in [0.1, 0.15) is 36.0 Å². The molecule has 0 aliphatic carbocycles. The highest BCUT2D eigenvalue weighted by atomic mass is 32.2. The van der Waals surface area contributed by atoms with Crippen LogP contribution in [0.5, 0.6) is 0 Å². The number of azo groups is 4. The molecule has 4 N–H and O–H groups in total. The van der Waals surface area contributed by atoms with Crippen molar-refractivity contribution in [2.75, 3.05) is 119 Å². The van der Waals surface area contributed by atoms with E-state index in [0.717, 1.165) is 52.7 Å². The van der Waals surface area contributed by atoms with Crippen molar-refractivity contribution in [3.63, 3.8) is 0 Å². The van der Waals surface area contributed by atoms with Crippen LogP contribution < -0.4 is 38.5 Å². The Morgan fingerprint density at radius 3 is 0.792 bits per heavy atom. The van der Waals surface area contributed by atoms with E-state index in [9.17, 15) is 149 Å². The molecule has 4 atom stereocenters. The van der Waals surface area contributed by atoms with Crippen molar-refractivity contribution in [1.29, 1.82) is 0 Å². The zero-order chi connectivity index (χ0) is 108. The zero-order valence-electron chi connectivity index (χ0n) is 74.7. The predicted octanol–water partition coefficient (Wildman–Crippen LogP) is 18.3. The van der Waals surface area contributed by atoms with Gasteiger partial charge in [-0.1, -0.05) is 45.3 Å². The van der Waals surface area contributed by atoms with Crippen LogP contribution in [0.4, 0.5) is 185 Å². The van der Waals surface area contributed by atoms with E-state index in [1.807, 2.05) is 49.3 Å². The molecular formula is C72H74F22N24O18S8. The maximum absolute atomic E-state index is 13.0. The molecule has 0 saturated heterocycles. The molecule has 4 aromatic heterocycles. The summed E-state index contributed by atoms with van der Waals surface area (Å²) in [5.41, 5.74) is -8.55. The van der Waals surface area contributed by atoms with Gasteiger partial charge in [-0.15, -0.1) is 81.7 Å². The number of sulfonamides is 4. The molecular weight excluding hydrogens is 2160 g/mol. The summed E-state index contributed by atoms with van der Waals surface area (Å²) in [6.07, 6.45) is -28.8. The van der Waals surface area contributed by atoms with Gasteiger partial charge in [-0.2, -0.15) is 113 Å². The van der Waals surface area contributed by atoms with Crippen LogP contribution in [0, 0.1) is 0 Å². The Hall–Kier alpha value is -12.0. The van der Waals surface area contributed by atoms with Gasteiger partial charge in [-0.05, 0) is 150 Å². The number of ether oxygens (including phenoxy) is 6. The van der Waals surface area contributed by atoms with Crippen molar-refractivity contribution in [2.24, 2.45) is 40.9 Å². The number of hydrogen-bond acceptors (Lipinski definition) is 42. The van der Waals surface area contributed by atoms with Gasteiger partial charge >= 0.3 is 91.9 Å². The van der Waals surface area contributed by atoms with Crippen LogP contribution in [-0.4, -0.2) is 251 Å². The second-order valence-corrected chi connectivity index (χ2v) is 41.1. The SMILES string of the molecule is CC1CCc2cc(N=Nc3nnc(C(=O)OC(F)(F)C(F)(F)F)s3)c(NS(=O)(=O)C(F)(F)F)cc2N1C.CC1CCc2cc(N=Nc3nnc(C(=O)OC(F)(F)C(F)(F)F)s3)c(NS(=O)(=O)CC(F)(F)F)cc2N1C.COCCOC(=O)c1nnc(N=Nc2cc3c(cc2NS(=O)(=O)C(F)(F)F)N(C)C(C)CC3)s1.COCCOC(=O)c1nnc(N=Nc2cc3c(cc2NS(=O)(=O)CC(F)(F)F)N(C)C(C)CC3)s1. The van der Waals surface area contributed by atoms with E-state index >= 15 is 0 Å². The summed E-state index contributed by atoms with van der Waals surface area (Å²) >= 11 is 1.72. The lowest BCUT2D eigenvalue weighted by Crippen LogP contribution is -2.40. The molecule has 72 heteroatoms. The molecule has 4 aliphatic heterocycles. The smallest absolute Gasteiger partial charge is 0.458 e. The minimum Gasteiger partial charge on any atom is -0.458 e. The number of nitrogens with zero attached hydrogens (tertiary/aromatic N) is 20. The molecule has 12 rings (SSSR count). The summed E-state index contributed by atoms with van der Waals surface area (Å²) in [6, 6.07) is 11.0. The third kappa shape index (κ3) is 31.0. The number of aromatic nitrogens is 8. The molecule has 792 valence electrons. The van der Waals surface area contributed by atoms with E-state index < -0.39 is 161 Å². The molecule has 0 bridgehead atoms. The molecule has 0 fully saturated rings. The van der Waals surface area contributed by atoms with E-state index in [2.05, 4.69) is 91.2 Å². The number of rotatable bonds is 30. The molecule has 42 nitrogen and oxygen atoms in total. The summed E-state index contributed by atoms with van der Waals surface area (Å²) in [5, 5.41) is 53.9. The van der Waals surface area contributed by atoms with Crippen LogP contribution in [0.2, 0.25) is 0 Å². The maximum Gasteiger partial charge on any atom is 0.516 e. The van der Waals surface area contributed by atoms with E-state index in [1.54, 1.807) is 46.5 Å². The van der Waals surface area contributed by atoms with Gasteiger partial charge in [0.2, 0.25) is 40.1 Å². The first-order valence-corrected chi connectivity index (χ1v) is 49.6. The molecule has 8 heterocycles. The van der Waals surface area contributed by atoms with E-state index in [-0.39, 0.29) is 122 Å². The van der Waals surface area contributed by atoms with Crippen LogP contribution in [0.1, 0.15) is 115 Å². The number of carbonyl (C=O) groups excluding carboxylic acids is 4. The number of methoxy groups -OCH3 is 2. The molecule has 144 heavy (non-hydrogen) atoms. The minimum absolute atomic E-state index is 0.00289. The zero-order valence-corrected chi connectivity index (χ0v) is 81.2. The van der Waals surface area contributed by atoms with Gasteiger partial charge in [-0.3, -0.25) is 18.9 Å². The summed E-state index contributed by atoms with van der Waals surface area (Å²) in [5.74, 6) is -10.0. The second kappa shape index (κ2) is 45.7. The lowest BCUT2D eigenvalue weighted by molar-refractivity contribution is -0.370. The summed E-state index contributed by atoms with van der Waals surface area (Å²) in [6.45, 7) is 8.09. The number of carbonyl (C=O) groups is 4. The van der Waals surface area contributed by atoms with Crippen LogP contribution in [0.25, 0.3) is 0 Å². The normalized spacial score (nSPS) is 16.8. The standard InChI is InChI=1S/C19H23F3N6O5S2.C18H16F8N6O4S2.C18H21F3N6O5S2.C17H14F8N6O4S2/c1-11-4-5-12-8-13(23-25-18-26-24-16(34-18)17(29)33-7-6-32-3)14(9-15(12)28(11)2)27-35(30,31)10-19(20,21)22;1-8-3-4-9-5-10(11(6-12(9)32(8)2)31-38(34,35)7-16(19,20)21)27-29-15-30-28-13(37-15)14(33)36-18(25,26)17(22,23)24;1-10-4-5-11-8-12(13(9-14(11)27(10)2)26-34(29,30)18(19,20)21)22-24-17-25-23-15(33-17)16(28)32-7-6-31-3;1-7-3-4-8-5-9(10(6-11(8)31(7)2)30-37(33,34)17(23,24)25)26-28-14-29-27-12(36-14)13(32)35-16(21,22)15(18,19)20/h8-9,11,27H,4-7,10H2,1-3H3;5-6,8,31H,3-4,7H2,1-2H3;8-10,26H,4-7H2,1-3H3;5-7,30H,3-4H2,1-2H3. The van der Waals surface area contributed by atoms with Gasteiger partial charge in [0.15, 0.2) is 11.5 Å². The number of nitrogens with one attached hydrogen (secondary N) is 4.